The van der Waals surface area contributed by atoms with Gasteiger partial charge in [0.05, 0.1) is 10.2 Å². The summed E-state index contributed by atoms with van der Waals surface area (Å²) >= 11 is 1.23. The van der Waals surface area contributed by atoms with Gasteiger partial charge >= 0.3 is 17.4 Å². The van der Waals surface area contributed by atoms with E-state index in [4.69, 9.17) is 28.4 Å². The molecule has 2 heterocycles. The average Bonchev–Trinajstić information content (AvgIpc) is 3.53. The summed E-state index contributed by atoms with van der Waals surface area (Å²) in [5.41, 5.74) is 1.92. The first-order valence-electron chi connectivity index (χ1n) is 11.0. The fourth-order valence-corrected chi connectivity index (χ4v) is 4.18. The Morgan fingerprint density at radius 2 is 1.49 bits per heavy atom. The minimum absolute atomic E-state index is 0.00184. The second-order valence-corrected chi connectivity index (χ2v) is 8.51. The number of aromatic nitrogens is 2. The Balaban J connectivity index is 1.24. The summed E-state index contributed by atoms with van der Waals surface area (Å²) in [5.74, 6) is 0.816. The van der Waals surface area contributed by atoms with E-state index in [1.807, 2.05) is 42.5 Å². The Hall–Kier alpha value is -5.09. The van der Waals surface area contributed by atoms with Crippen molar-refractivity contribution in [2.75, 3.05) is 0 Å². The van der Waals surface area contributed by atoms with Crippen LogP contribution in [0.3, 0.4) is 0 Å². The summed E-state index contributed by atoms with van der Waals surface area (Å²) in [7, 11) is 0. The van der Waals surface area contributed by atoms with Crippen molar-refractivity contribution in [2.24, 2.45) is 0 Å². The lowest BCUT2D eigenvalue weighted by Gasteiger charge is -2.14. The molecule has 0 aliphatic rings. The molecule has 9 nitrogen and oxygen atoms in total. The van der Waals surface area contributed by atoms with Crippen LogP contribution in [0.15, 0.2) is 101 Å². The third-order valence-corrected chi connectivity index (χ3v) is 5.93. The van der Waals surface area contributed by atoms with E-state index in [1.165, 1.54) is 17.4 Å². The highest BCUT2D eigenvalue weighted by atomic mass is 32.1. The molecule has 0 aliphatic carbocycles. The van der Waals surface area contributed by atoms with Crippen molar-refractivity contribution in [3.63, 3.8) is 0 Å². The molecule has 2 aromatic heterocycles. The highest BCUT2D eigenvalue weighted by molar-refractivity contribution is 7.20. The van der Waals surface area contributed by atoms with Crippen LogP contribution in [0.25, 0.3) is 21.3 Å². The topological polar surface area (TPSA) is 102 Å². The number of para-hydroxylation sites is 5. The largest absolute Gasteiger partial charge is 0.555 e. The highest BCUT2D eigenvalue weighted by Crippen LogP contribution is 2.42. The molecule has 0 N–H and O–H groups in total. The van der Waals surface area contributed by atoms with E-state index < -0.39 is 6.16 Å². The molecule has 0 bridgehead atoms. The number of fused-ring (bicyclic) bond motifs is 2. The first-order chi connectivity index (χ1) is 18.2. The number of benzene rings is 4. The van der Waals surface area contributed by atoms with Gasteiger partial charge in [-0.05, 0) is 48.5 Å². The van der Waals surface area contributed by atoms with Gasteiger partial charge in [-0.15, -0.1) is 0 Å². The normalized spacial score (nSPS) is 10.8. The molecule has 4 aromatic carbocycles. The Morgan fingerprint density at radius 1 is 0.730 bits per heavy atom. The van der Waals surface area contributed by atoms with Crippen LogP contribution in [-0.2, 0) is 4.89 Å². The van der Waals surface area contributed by atoms with Gasteiger partial charge < -0.3 is 18.6 Å². The summed E-state index contributed by atoms with van der Waals surface area (Å²) in [6.45, 7) is 0. The maximum Gasteiger partial charge on any atom is 0.555 e. The Morgan fingerprint density at radius 3 is 2.32 bits per heavy atom. The molecular weight excluding hydrogens is 496 g/mol. The van der Waals surface area contributed by atoms with Crippen LogP contribution in [0.2, 0.25) is 0 Å². The third-order valence-electron chi connectivity index (χ3n) is 5.03. The monoisotopic (exact) mass is 512 g/mol. The van der Waals surface area contributed by atoms with Gasteiger partial charge in [0.15, 0.2) is 17.1 Å². The van der Waals surface area contributed by atoms with Crippen molar-refractivity contribution in [1.29, 1.82) is 0 Å². The van der Waals surface area contributed by atoms with E-state index in [2.05, 4.69) is 9.97 Å². The third kappa shape index (κ3) is 5.00. The van der Waals surface area contributed by atoms with E-state index in [0.29, 0.717) is 16.8 Å². The van der Waals surface area contributed by atoms with Crippen LogP contribution in [0.1, 0.15) is 0 Å². The fourth-order valence-electron chi connectivity index (χ4n) is 3.42. The zero-order valence-corrected chi connectivity index (χ0v) is 19.7. The van der Waals surface area contributed by atoms with Crippen molar-refractivity contribution in [2.45, 2.75) is 0 Å². The fraction of sp³-hybridized carbons (Fsp3) is 0. The summed E-state index contributed by atoms with van der Waals surface area (Å²) in [6, 6.07) is 28.4. The van der Waals surface area contributed by atoms with E-state index in [0.717, 1.165) is 10.2 Å². The number of carbonyl (C=O) groups excluding carboxylic acids is 1. The Kier molecular flexibility index (Phi) is 5.97. The molecule has 0 saturated heterocycles. The molecule has 0 spiro atoms. The zero-order valence-electron chi connectivity index (χ0n) is 18.9. The first-order valence-corrected chi connectivity index (χ1v) is 11.8. The second-order valence-electron chi connectivity index (χ2n) is 7.51. The number of thiazole rings is 1. The standard InChI is InChI=1S/C27H16N2O7S/c30-27(36-35-26-29-19-12-5-7-16-23(19)37-26)34-22-15-8-14-21(24(22)31-17-9-2-1-3-10-17)33-25-28-18-11-4-6-13-20(18)32-25/h1-16H. The van der Waals surface area contributed by atoms with Crippen LogP contribution in [0.4, 0.5) is 4.79 Å². The maximum absolute atomic E-state index is 12.5. The van der Waals surface area contributed by atoms with Crippen molar-refractivity contribution in [3.8, 4) is 34.3 Å². The number of hydrogen-bond acceptors (Lipinski definition) is 10. The molecule has 0 saturated carbocycles. The molecule has 0 atom stereocenters. The van der Waals surface area contributed by atoms with Gasteiger partial charge in [0.25, 0.3) is 0 Å². The average molecular weight is 512 g/mol. The molecule has 0 radical (unpaired) electrons. The number of oxazole rings is 1. The van der Waals surface area contributed by atoms with Crippen molar-refractivity contribution >= 4 is 38.8 Å². The minimum Gasteiger partial charge on any atom is -0.449 e. The predicted molar refractivity (Wildman–Crippen MR) is 134 cm³/mol. The highest BCUT2D eigenvalue weighted by Gasteiger charge is 2.21. The smallest absolute Gasteiger partial charge is 0.449 e. The molecule has 6 rings (SSSR count). The maximum atomic E-state index is 12.5. The van der Waals surface area contributed by atoms with Crippen LogP contribution >= 0.6 is 11.3 Å². The summed E-state index contributed by atoms with van der Waals surface area (Å²) in [6.07, 6.45) is -1.13. The summed E-state index contributed by atoms with van der Waals surface area (Å²) < 4.78 is 23.8. The molecule has 0 amide bonds. The lowest BCUT2D eigenvalue weighted by molar-refractivity contribution is -0.157. The van der Waals surface area contributed by atoms with Gasteiger partial charge in [0.2, 0.25) is 5.75 Å². The van der Waals surface area contributed by atoms with Crippen molar-refractivity contribution < 1.29 is 33.2 Å². The predicted octanol–water partition coefficient (Wildman–Crippen LogP) is 7.53. The molecule has 37 heavy (non-hydrogen) atoms. The van der Waals surface area contributed by atoms with Gasteiger partial charge in [-0.25, -0.2) is 4.89 Å². The van der Waals surface area contributed by atoms with Gasteiger partial charge in [-0.3, -0.25) is 4.89 Å². The van der Waals surface area contributed by atoms with Gasteiger partial charge in [0, 0.05) is 0 Å². The van der Waals surface area contributed by atoms with Gasteiger partial charge in [-0.1, -0.05) is 59.9 Å². The Labute approximate surface area is 213 Å². The zero-order chi connectivity index (χ0) is 25.0. The van der Waals surface area contributed by atoms with Gasteiger partial charge in [-0.2, -0.15) is 14.8 Å². The van der Waals surface area contributed by atoms with Crippen molar-refractivity contribution in [3.05, 3.63) is 97.1 Å². The van der Waals surface area contributed by atoms with E-state index in [-0.39, 0.29) is 28.5 Å². The summed E-state index contributed by atoms with van der Waals surface area (Å²) in [4.78, 5) is 30.9. The minimum atomic E-state index is -1.13. The Bertz CT molecular complexity index is 1630. The van der Waals surface area contributed by atoms with Crippen LogP contribution in [0.5, 0.6) is 34.3 Å². The number of rotatable bonds is 7. The van der Waals surface area contributed by atoms with E-state index >= 15 is 0 Å². The van der Waals surface area contributed by atoms with Crippen LogP contribution in [0, 0.1) is 0 Å². The quantitative estimate of drug-likeness (QED) is 0.0929. The number of carbonyl (C=O) groups is 1. The SMILES string of the molecule is O=C(OOc1nc2ccccc2s1)Oc1cccc(Oc2nc3ccccc3o2)c1Oc1ccccc1. The van der Waals surface area contributed by atoms with E-state index in [9.17, 15) is 4.79 Å². The lowest BCUT2D eigenvalue weighted by atomic mass is 10.3. The van der Waals surface area contributed by atoms with Crippen LogP contribution in [-0.4, -0.2) is 16.1 Å². The number of hydrogen-bond donors (Lipinski definition) is 0. The molecular formula is C27H16N2O7S. The number of nitrogens with zero attached hydrogens (tertiary/aromatic N) is 2. The molecule has 182 valence electrons. The van der Waals surface area contributed by atoms with Crippen LogP contribution < -0.4 is 19.1 Å². The number of ether oxygens (including phenoxy) is 3. The van der Waals surface area contributed by atoms with Crippen molar-refractivity contribution in [1.82, 2.24) is 9.97 Å². The summed E-state index contributed by atoms with van der Waals surface area (Å²) in [5, 5.41) is 0.159. The molecule has 0 unspecified atom stereocenters. The molecule has 6 aromatic rings. The lowest BCUT2D eigenvalue weighted by Crippen LogP contribution is -2.13. The first kappa shape index (κ1) is 22.4. The molecule has 10 heteroatoms. The van der Waals surface area contributed by atoms with E-state index in [1.54, 1.807) is 48.5 Å². The van der Waals surface area contributed by atoms with Gasteiger partial charge in [0.1, 0.15) is 11.3 Å². The molecule has 0 aliphatic heterocycles. The second kappa shape index (κ2) is 9.88. The molecule has 0 fully saturated rings.